The number of aliphatic hydroxyl groups is 1. The maximum atomic E-state index is 11.3. The zero-order valence-electron chi connectivity index (χ0n) is 9.44. The molecule has 4 N–H and O–H groups in total. The van der Waals surface area contributed by atoms with Crippen LogP contribution in [-0.2, 0) is 11.3 Å². The van der Waals surface area contributed by atoms with Gasteiger partial charge in [-0.25, -0.2) is 0 Å². The summed E-state index contributed by atoms with van der Waals surface area (Å²) in [7, 11) is 1.53. The third kappa shape index (κ3) is 3.89. The molecule has 0 radical (unpaired) electrons. The van der Waals surface area contributed by atoms with Gasteiger partial charge in [-0.2, -0.15) is 0 Å². The van der Waals surface area contributed by atoms with Gasteiger partial charge in [-0.1, -0.05) is 17.7 Å². The molecule has 1 aromatic carbocycles. The van der Waals surface area contributed by atoms with E-state index in [1.807, 2.05) is 0 Å². The quantitative estimate of drug-likeness (QED) is 0.709. The second-order valence-electron chi connectivity index (χ2n) is 3.44. The highest BCUT2D eigenvalue weighted by Gasteiger charge is 2.12. The van der Waals surface area contributed by atoms with Crippen molar-refractivity contribution in [2.24, 2.45) is 5.73 Å². The van der Waals surface area contributed by atoms with E-state index in [4.69, 9.17) is 27.2 Å². The normalized spacial score (nSPS) is 12.0. The van der Waals surface area contributed by atoms with Gasteiger partial charge in [0.1, 0.15) is 11.9 Å². The summed E-state index contributed by atoms with van der Waals surface area (Å²) in [6.07, 6.45) is -1.18. The second-order valence-corrected chi connectivity index (χ2v) is 3.85. The van der Waals surface area contributed by atoms with E-state index in [1.165, 1.54) is 7.11 Å². The Kier molecular flexibility index (Phi) is 5.21. The molecule has 5 nitrogen and oxygen atoms in total. The lowest BCUT2D eigenvalue weighted by atomic mass is 10.2. The summed E-state index contributed by atoms with van der Waals surface area (Å²) in [4.78, 5) is 11.3. The molecule has 1 aromatic rings. The highest BCUT2D eigenvalue weighted by atomic mass is 35.5. The predicted octanol–water partition coefficient (Wildman–Crippen LogP) is 0.284. The zero-order valence-corrected chi connectivity index (χ0v) is 10.2. The van der Waals surface area contributed by atoms with E-state index in [1.54, 1.807) is 18.2 Å². The highest BCUT2D eigenvalue weighted by molar-refractivity contribution is 6.32. The average Bonchev–Trinajstić information content (AvgIpc) is 2.35. The van der Waals surface area contributed by atoms with E-state index in [0.717, 1.165) is 5.56 Å². The fourth-order valence-electron chi connectivity index (χ4n) is 1.23. The highest BCUT2D eigenvalue weighted by Crippen LogP contribution is 2.24. The largest absolute Gasteiger partial charge is 0.495 e. The van der Waals surface area contributed by atoms with Crippen molar-refractivity contribution in [2.75, 3.05) is 13.7 Å². The molecule has 17 heavy (non-hydrogen) atoms. The Bertz CT molecular complexity index is 398. The molecule has 0 bridgehead atoms. The molecule has 1 amide bonds. The Labute approximate surface area is 105 Å². The molecule has 0 aliphatic rings. The van der Waals surface area contributed by atoms with Gasteiger partial charge in [-0.05, 0) is 17.7 Å². The topological polar surface area (TPSA) is 84.6 Å². The van der Waals surface area contributed by atoms with Crippen molar-refractivity contribution in [3.63, 3.8) is 0 Å². The van der Waals surface area contributed by atoms with Crippen LogP contribution in [0.15, 0.2) is 18.2 Å². The number of carbonyl (C=O) groups is 1. The standard InChI is InChI=1S/C11H15ClN2O3/c1-17-10-3-2-7(4-8(10)12)6-14-11(16)9(15)5-13/h2-4,9,15H,5-6,13H2,1H3,(H,14,16). The van der Waals surface area contributed by atoms with E-state index >= 15 is 0 Å². The Morgan fingerprint density at radius 2 is 2.35 bits per heavy atom. The van der Waals surface area contributed by atoms with Gasteiger partial charge < -0.3 is 20.9 Å². The van der Waals surface area contributed by atoms with E-state index in [2.05, 4.69) is 5.32 Å². The van der Waals surface area contributed by atoms with Crippen molar-refractivity contribution in [3.8, 4) is 5.75 Å². The molecule has 0 aliphatic heterocycles. The zero-order chi connectivity index (χ0) is 12.8. The molecule has 1 unspecified atom stereocenters. The Morgan fingerprint density at radius 1 is 1.65 bits per heavy atom. The summed E-state index contributed by atoms with van der Waals surface area (Å²) in [6.45, 7) is 0.175. The predicted molar refractivity (Wildman–Crippen MR) is 64.9 cm³/mol. The molecule has 0 saturated heterocycles. The van der Waals surface area contributed by atoms with Crippen molar-refractivity contribution in [1.82, 2.24) is 5.32 Å². The lowest BCUT2D eigenvalue weighted by Crippen LogP contribution is -2.38. The van der Waals surface area contributed by atoms with E-state index in [-0.39, 0.29) is 13.1 Å². The van der Waals surface area contributed by atoms with Crippen LogP contribution in [0.1, 0.15) is 5.56 Å². The van der Waals surface area contributed by atoms with Gasteiger partial charge >= 0.3 is 0 Å². The van der Waals surface area contributed by atoms with Crippen LogP contribution in [0.3, 0.4) is 0 Å². The number of benzene rings is 1. The number of halogens is 1. The molecule has 0 saturated carbocycles. The minimum Gasteiger partial charge on any atom is -0.495 e. The van der Waals surface area contributed by atoms with Crippen molar-refractivity contribution in [2.45, 2.75) is 12.6 Å². The SMILES string of the molecule is COc1ccc(CNC(=O)C(O)CN)cc1Cl. The van der Waals surface area contributed by atoms with Crippen LogP contribution in [-0.4, -0.2) is 30.8 Å². The van der Waals surface area contributed by atoms with Gasteiger partial charge in [0.25, 0.3) is 0 Å². The van der Waals surface area contributed by atoms with Crippen LogP contribution in [0.25, 0.3) is 0 Å². The minimum absolute atomic E-state index is 0.102. The fraction of sp³-hybridized carbons (Fsp3) is 0.364. The lowest BCUT2D eigenvalue weighted by Gasteiger charge is -2.10. The summed E-state index contributed by atoms with van der Waals surface area (Å²) < 4.78 is 5.01. The van der Waals surface area contributed by atoms with Crippen molar-refractivity contribution < 1.29 is 14.6 Å². The summed E-state index contributed by atoms with van der Waals surface area (Å²) in [5.74, 6) is 0.0724. The number of nitrogens with two attached hydrogens (primary N) is 1. The van der Waals surface area contributed by atoms with Crippen LogP contribution in [0.2, 0.25) is 5.02 Å². The third-order valence-corrected chi connectivity index (χ3v) is 2.50. The smallest absolute Gasteiger partial charge is 0.250 e. The molecular weight excluding hydrogens is 244 g/mol. The molecule has 1 rings (SSSR count). The first kappa shape index (κ1) is 13.8. The Balaban J connectivity index is 2.58. The second kappa shape index (κ2) is 6.44. The molecule has 1 atom stereocenters. The van der Waals surface area contributed by atoms with E-state index in [0.29, 0.717) is 10.8 Å². The number of rotatable bonds is 5. The van der Waals surface area contributed by atoms with E-state index in [9.17, 15) is 4.79 Å². The van der Waals surface area contributed by atoms with Crippen LogP contribution in [0, 0.1) is 0 Å². The van der Waals surface area contributed by atoms with Crippen molar-refractivity contribution in [1.29, 1.82) is 0 Å². The molecule has 94 valence electrons. The maximum absolute atomic E-state index is 11.3. The van der Waals surface area contributed by atoms with Crippen molar-refractivity contribution in [3.05, 3.63) is 28.8 Å². The molecule has 0 aromatic heterocycles. The summed E-state index contributed by atoms with van der Waals surface area (Å²) in [6, 6.07) is 5.18. The fourth-order valence-corrected chi connectivity index (χ4v) is 1.51. The van der Waals surface area contributed by atoms with Gasteiger partial charge in [-0.15, -0.1) is 0 Å². The van der Waals surface area contributed by atoms with Gasteiger partial charge in [0, 0.05) is 13.1 Å². The average molecular weight is 259 g/mol. The first-order chi connectivity index (χ1) is 8.08. The summed E-state index contributed by atoms with van der Waals surface area (Å²) >= 11 is 5.93. The minimum atomic E-state index is -1.18. The van der Waals surface area contributed by atoms with Crippen LogP contribution < -0.4 is 15.8 Å². The Hall–Kier alpha value is -1.30. The van der Waals surface area contributed by atoms with Crippen molar-refractivity contribution >= 4 is 17.5 Å². The molecular formula is C11H15ClN2O3. The maximum Gasteiger partial charge on any atom is 0.250 e. The molecule has 0 fully saturated rings. The first-order valence-corrected chi connectivity index (χ1v) is 5.44. The number of amides is 1. The molecule has 0 aliphatic carbocycles. The van der Waals surface area contributed by atoms with Crippen LogP contribution in [0.4, 0.5) is 0 Å². The van der Waals surface area contributed by atoms with Gasteiger partial charge in [0.05, 0.1) is 12.1 Å². The monoisotopic (exact) mass is 258 g/mol. The third-order valence-electron chi connectivity index (χ3n) is 2.21. The first-order valence-electron chi connectivity index (χ1n) is 5.06. The number of hydrogen-bond acceptors (Lipinski definition) is 4. The molecule has 0 spiro atoms. The number of methoxy groups -OCH3 is 1. The number of aliphatic hydroxyl groups excluding tert-OH is 1. The summed E-state index contributed by atoms with van der Waals surface area (Å²) in [5, 5.41) is 12.2. The van der Waals surface area contributed by atoms with Gasteiger partial charge in [0.2, 0.25) is 5.91 Å². The number of hydrogen-bond donors (Lipinski definition) is 3. The number of ether oxygens (including phenoxy) is 1. The van der Waals surface area contributed by atoms with Crippen LogP contribution in [0.5, 0.6) is 5.75 Å². The summed E-state index contributed by atoms with van der Waals surface area (Å²) in [5.41, 5.74) is 5.97. The van der Waals surface area contributed by atoms with Gasteiger partial charge in [0.15, 0.2) is 0 Å². The van der Waals surface area contributed by atoms with Gasteiger partial charge in [-0.3, -0.25) is 4.79 Å². The van der Waals surface area contributed by atoms with E-state index < -0.39 is 12.0 Å². The molecule has 0 heterocycles. The van der Waals surface area contributed by atoms with Crippen LogP contribution >= 0.6 is 11.6 Å². The number of nitrogens with one attached hydrogen (secondary N) is 1. The Morgan fingerprint density at radius 3 is 2.88 bits per heavy atom. The molecule has 6 heteroatoms. The number of carbonyl (C=O) groups excluding carboxylic acids is 1. The lowest BCUT2D eigenvalue weighted by molar-refractivity contribution is -0.128.